The smallest absolute Gasteiger partial charge is 0.0577 e. The van der Waals surface area contributed by atoms with Crippen molar-refractivity contribution in [3.8, 4) is 0 Å². The molecular formula is C27H48O2. The predicted molar refractivity (Wildman–Crippen MR) is 120 cm³/mol. The summed E-state index contributed by atoms with van der Waals surface area (Å²) >= 11 is 0. The molecule has 10 atom stereocenters. The first-order chi connectivity index (χ1) is 13.5. The Morgan fingerprint density at radius 3 is 2.24 bits per heavy atom. The lowest BCUT2D eigenvalue weighted by molar-refractivity contribution is -0.174. The van der Waals surface area contributed by atoms with Gasteiger partial charge in [0.25, 0.3) is 0 Å². The third kappa shape index (κ3) is 3.73. The quantitative estimate of drug-likeness (QED) is 0.568. The highest BCUT2D eigenvalue weighted by Crippen LogP contribution is 2.68. The lowest BCUT2D eigenvalue weighted by Crippen LogP contribution is -2.58. The van der Waals surface area contributed by atoms with Gasteiger partial charge in [-0.3, -0.25) is 0 Å². The van der Waals surface area contributed by atoms with Gasteiger partial charge in [-0.05, 0) is 116 Å². The molecular weight excluding hydrogens is 356 g/mol. The molecule has 0 heterocycles. The summed E-state index contributed by atoms with van der Waals surface area (Å²) in [5, 5.41) is 21.6. The Morgan fingerprint density at radius 1 is 0.897 bits per heavy atom. The molecule has 0 bridgehead atoms. The van der Waals surface area contributed by atoms with E-state index in [1.54, 1.807) is 0 Å². The number of hydrogen-bond acceptors (Lipinski definition) is 2. The molecule has 0 aromatic rings. The summed E-state index contributed by atoms with van der Waals surface area (Å²) in [6.07, 6.45) is 11.8. The first-order valence-corrected chi connectivity index (χ1v) is 12.8. The fourth-order valence-corrected chi connectivity index (χ4v) is 9.04. The maximum atomic E-state index is 11.4. The van der Waals surface area contributed by atoms with Gasteiger partial charge in [-0.2, -0.15) is 0 Å². The Bertz CT molecular complexity index is 594. The fraction of sp³-hybridized carbons (Fsp3) is 1.00. The van der Waals surface area contributed by atoms with Crippen molar-refractivity contribution in [1.29, 1.82) is 0 Å². The van der Waals surface area contributed by atoms with Crippen LogP contribution in [-0.4, -0.2) is 22.4 Å². The largest absolute Gasteiger partial charge is 0.393 e. The Kier molecular flexibility index (Phi) is 5.73. The third-order valence-corrected chi connectivity index (χ3v) is 10.8. The summed E-state index contributed by atoms with van der Waals surface area (Å²) in [6.45, 7) is 14.8. The molecule has 0 aromatic heterocycles. The average molecular weight is 405 g/mol. The van der Waals surface area contributed by atoms with Crippen LogP contribution < -0.4 is 0 Å². The van der Waals surface area contributed by atoms with E-state index >= 15 is 0 Å². The molecule has 2 heteroatoms. The van der Waals surface area contributed by atoms with Crippen LogP contribution in [0.1, 0.15) is 106 Å². The zero-order valence-electron chi connectivity index (χ0n) is 20.1. The SMILES string of the molecule is C[C@H](CCC(C)(C)C)C1CCC2C3C(O)C[C@@H]4C[C@H](O)CC[C@]4(C)C3CC[C@@]21C. The highest BCUT2D eigenvalue weighted by molar-refractivity contribution is 5.11. The van der Waals surface area contributed by atoms with Crippen LogP contribution in [0.25, 0.3) is 0 Å². The monoisotopic (exact) mass is 404 g/mol. The van der Waals surface area contributed by atoms with Crippen LogP contribution in [0, 0.1) is 51.8 Å². The molecule has 168 valence electrons. The molecule has 5 unspecified atom stereocenters. The van der Waals surface area contributed by atoms with Gasteiger partial charge in [-0.25, -0.2) is 0 Å². The Hall–Kier alpha value is -0.0800. The molecule has 0 aromatic carbocycles. The number of fused-ring (bicyclic) bond motifs is 5. The maximum absolute atomic E-state index is 11.4. The van der Waals surface area contributed by atoms with Crippen molar-refractivity contribution in [3.05, 3.63) is 0 Å². The number of hydrogen-bond donors (Lipinski definition) is 2. The molecule has 0 radical (unpaired) electrons. The van der Waals surface area contributed by atoms with E-state index in [0.717, 1.165) is 31.1 Å². The molecule has 4 rings (SSSR count). The van der Waals surface area contributed by atoms with Gasteiger partial charge in [0.05, 0.1) is 12.2 Å². The van der Waals surface area contributed by atoms with Crippen molar-refractivity contribution in [2.45, 2.75) is 118 Å². The molecule has 29 heavy (non-hydrogen) atoms. The van der Waals surface area contributed by atoms with Crippen molar-refractivity contribution in [2.24, 2.45) is 51.8 Å². The van der Waals surface area contributed by atoms with E-state index in [4.69, 9.17) is 0 Å². The standard InChI is InChI=1S/C27H48O2/c1-17(9-12-25(2,3)4)20-7-8-21-24-22(11-14-27(20,21)6)26(5)13-10-19(28)15-18(26)16-23(24)29/h17-24,28-29H,7-16H2,1-6H3/t17-,18+,19-,20?,21?,22?,23?,24?,26+,27-/m1/s1. The van der Waals surface area contributed by atoms with Crippen LogP contribution in [0.15, 0.2) is 0 Å². The van der Waals surface area contributed by atoms with Crippen LogP contribution in [0.5, 0.6) is 0 Å². The Labute approximate surface area is 180 Å². The van der Waals surface area contributed by atoms with Gasteiger partial charge in [0.2, 0.25) is 0 Å². The number of aliphatic hydroxyl groups is 2. The van der Waals surface area contributed by atoms with Gasteiger partial charge in [-0.15, -0.1) is 0 Å². The van der Waals surface area contributed by atoms with Crippen LogP contribution in [0.2, 0.25) is 0 Å². The molecule has 0 amide bonds. The molecule has 4 aliphatic carbocycles. The second kappa shape index (κ2) is 7.51. The van der Waals surface area contributed by atoms with Gasteiger partial charge >= 0.3 is 0 Å². The first-order valence-electron chi connectivity index (χ1n) is 12.8. The van der Waals surface area contributed by atoms with Crippen LogP contribution in [0.3, 0.4) is 0 Å². The van der Waals surface area contributed by atoms with E-state index in [-0.39, 0.29) is 12.2 Å². The minimum absolute atomic E-state index is 0.134. The highest BCUT2D eigenvalue weighted by Gasteiger charge is 2.62. The summed E-state index contributed by atoms with van der Waals surface area (Å²) < 4.78 is 0. The molecule has 0 saturated heterocycles. The fourth-order valence-electron chi connectivity index (χ4n) is 9.04. The van der Waals surface area contributed by atoms with E-state index in [9.17, 15) is 10.2 Å². The van der Waals surface area contributed by atoms with E-state index in [2.05, 4.69) is 41.5 Å². The van der Waals surface area contributed by atoms with Gasteiger partial charge in [0, 0.05) is 0 Å². The summed E-state index contributed by atoms with van der Waals surface area (Å²) in [5.41, 5.74) is 1.21. The molecule has 0 spiro atoms. The van der Waals surface area contributed by atoms with Crippen LogP contribution in [-0.2, 0) is 0 Å². The van der Waals surface area contributed by atoms with Crippen molar-refractivity contribution in [3.63, 3.8) is 0 Å². The van der Waals surface area contributed by atoms with E-state index in [0.29, 0.717) is 39.9 Å². The lowest BCUT2D eigenvalue weighted by Gasteiger charge is -2.62. The van der Waals surface area contributed by atoms with Crippen LogP contribution in [0.4, 0.5) is 0 Å². The molecule has 4 saturated carbocycles. The van der Waals surface area contributed by atoms with Gasteiger partial charge in [0.1, 0.15) is 0 Å². The number of rotatable bonds is 3. The minimum Gasteiger partial charge on any atom is -0.393 e. The van der Waals surface area contributed by atoms with E-state index in [1.165, 1.54) is 44.9 Å². The van der Waals surface area contributed by atoms with Crippen molar-refractivity contribution in [2.75, 3.05) is 0 Å². The van der Waals surface area contributed by atoms with Crippen molar-refractivity contribution >= 4 is 0 Å². The summed E-state index contributed by atoms with van der Waals surface area (Å²) in [4.78, 5) is 0. The second-order valence-corrected chi connectivity index (χ2v) is 13.5. The maximum Gasteiger partial charge on any atom is 0.0577 e. The van der Waals surface area contributed by atoms with Gasteiger partial charge in [-0.1, -0.05) is 41.5 Å². The van der Waals surface area contributed by atoms with Gasteiger partial charge in [0.15, 0.2) is 0 Å². The molecule has 4 fully saturated rings. The minimum atomic E-state index is -0.142. The Balaban J connectivity index is 1.53. The second-order valence-electron chi connectivity index (χ2n) is 13.5. The summed E-state index contributed by atoms with van der Waals surface area (Å²) in [5.74, 6) is 4.05. The topological polar surface area (TPSA) is 40.5 Å². The lowest BCUT2D eigenvalue weighted by atomic mass is 9.43. The van der Waals surface area contributed by atoms with Crippen LogP contribution >= 0.6 is 0 Å². The first kappa shape index (κ1) is 22.1. The molecule has 4 aliphatic rings. The molecule has 2 nitrogen and oxygen atoms in total. The highest BCUT2D eigenvalue weighted by atomic mass is 16.3. The summed E-state index contributed by atoms with van der Waals surface area (Å²) in [7, 11) is 0. The van der Waals surface area contributed by atoms with Gasteiger partial charge < -0.3 is 10.2 Å². The third-order valence-electron chi connectivity index (χ3n) is 10.8. The van der Waals surface area contributed by atoms with E-state index < -0.39 is 0 Å². The predicted octanol–water partition coefficient (Wildman–Crippen LogP) is 6.44. The number of aliphatic hydroxyl groups excluding tert-OH is 2. The normalized spacial score (nSPS) is 51.1. The van der Waals surface area contributed by atoms with E-state index in [1.807, 2.05) is 0 Å². The van der Waals surface area contributed by atoms with Crippen molar-refractivity contribution in [1.82, 2.24) is 0 Å². The molecule has 2 N–H and O–H groups in total. The average Bonchev–Trinajstić information content (AvgIpc) is 2.98. The molecule has 0 aliphatic heterocycles. The zero-order chi connectivity index (χ0) is 21.2. The summed E-state index contributed by atoms with van der Waals surface area (Å²) in [6, 6.07) is 0. The van der Waals surface area contributed by atoms with Crippen molar-refractivity contribution < 1.29 is 10.2 Å². The zero-order valence-corrected chi connectivity index (χ0v) is 20.1. The Morgan fingerprint density at radius 2 is 1.55 bits per heavy atom.